The summed E-state index contributed by atoms with van der Waals surface area (Å²) in [5.74, 6) is 0.716. The standard InChI is InChI=1S/C16H18Cl2N2O/c1-9-2-4-11(5-3-9)19-16(21)15-7-10-6-12(17)13(18)8-14(10)20-15/h6-9,11,20H,2-5H2,1H3,(H,19,21). The molecule has 2 N–H and O–H groups in total. The molecule has 1 aromatic carbocycles. The summed E-state index contributed by atoms with van der Waals surface area (Å²) in [6, 6.07) is 5.62. The van der Waals surface area contributed by atoms with Gasteiger partial charge in [-0.2, -0.15) is 0 Å². The van der Waals surface area contributed by atoms with Crippen molar-refractivity contribution in [3.8, 4) is 0 Å². The molecule has 0 radical (unpaired) electrons. The molecule has 5 heteroatoms. The van der Waals surface area contributed by atoms with E-state index in [9.17, 15) is 4.79 Å². The average Bonchev–Trinajstić information content (AvgIpc) is 2.85. The lowest BCUT2D eigenvalue weighted by Gasteiger charge is -2.26. The van der Waals surface area contributed by atoms with Crippen LogP contribution in [0.5, 0.6) is 0 Å². The second kappa shape index (κ2) is 5.90. The molecule has 3 rings (SSSR count). The highest BCUT2D eigenvalue weighted by molar-refractivity contribution is 6.42. The van der Waals surface area contributed by atoms with Crippen LogP contribution in [0.3, 0.4) is 0 Å². The molecule has 1 amide bonds. The normalized spacial score (nSPS) is 22.4. The van der Waals surface area contributed by atoms with Crippen LogP contribution in [0.4, 0.5) is 0 Å². The number of aromatic amines is 1. The van der Waals surface area contributed by atoms with Gasteiger partial charge in [0.15, 0.2) is 0 Å². The Morgan fingerprint density at radius 1 is 1.14 bits per heavy atom. The maximum Gasteiger partial charge on any atom is 0.267 e. The third kappa shape index (κ3) is 3.19. The monoisotopic (exact) mass is 324 g/mol. The van der Waals surface area contributed by atoms with Gasteiger partial charge in [-0.25, -0.2) is 0 Å². The molecule has 1 heterocycles. The van der Waals surface area contributed by atoms with E-state index in [1.165, 1.54) is 12.8 Å². The number of hydrogen-bond donors (Lipinski definition) is 2. The second-order valence-electron chi connectivity index (χ2n) is 5.97. The second-order valence-corrected chi connectivity index (χ2v) is 6.78. The first-order valence-electron chi connectivity index (χ1n) is 7.31. The van der Waals surface area contributed by atoms with E-state index >= 15 is 0 Å². The highest BCUT2D eigenvalue weighted by Gasteiger charge is 2.21. The van der Waals surface area contributed by atoms with Gasteiger partial charge in [0.25, 0.3) is 5.91 Å². The van der Waals surface area contributed by atoms with Gasteiger partial charge in [-0.1, -0.05) is 30.1 Å². The predicted molar refractivity (Wildman–Crippen MR) is 87.2 cm³/mol. The molecule has 1 saturated carbocycles. The number of carbonyl (C=O) groups excluding carboxylic acids is 1. The van der Waals surface area contributed by atoms with Crippen LogP contribution >= 0.6 is 23.2 Å². The largest absolute Gasteiger partial charge is 0.350 e. The van der Waals surface area contributed by atoms with Crippen molar-refractivity contribution in [1.82, 2.24) is 10.3 Å². The predicted octanol–water partition coefficient (Wildman–Crippen LogP) is 4.78. The van der Waals surface area contributed by atoms with Crippen molar-refractivity contribution < 1.29 is 4.79 Å². The van der Waals surface area contributed by atoms with Crippen LogP contribution in [0, 0.1) is 5.92 Å². The number of benzene rings is 1. The minimum atomic E-state index is -0.0574. The topological polar surface area (TPSA) is 44.9 Å². The maximum absolute atomic E-state index is 12.3. The summed E-state index contributed by atoms with van der Waals surface area (Å²) in [7, 11) is 0. The third-order valence-electron chi connectivity index (χ3n) is 4.26. The fourth-order valence-electron chi connectivity index (χ4n) is 2.92. The van der Waals surface area contributed by atoms with Gasteiger partial charge in [0, 0.05) is 16.9 Å². The number of fused-ring (bicyclic) bond motifs is 1. The van der Waals surface area contributed by atoms with Crippen LogP contribution in [0.25, 0.3) is 10.9 Å². The molecule has 1 aliphatic carbocycles. The van der Waals surface area contributed by atoms with Gasteiger partial charge >= 0.3 is 0 Å². The lowest BCUT2D eigenvalue weighted by atomic mass is 9.87. The number of halogens is 2. The molecule has 112 valence electrons. The van der Waals surface area contributed by atoms with Crippen molar-refractivity contribution in [2.75, 3.05) is 0 Å². The van der Waals surface area contributed by atoms with Crippen LogP contribution < -0.4 is 5.32 Å². The molecular weight excluding hydrogens is 307 g/mol. The zero-order valence-corrected chi connectivity index (χ0v) is 13.4. The van der Waals surface area contributed by atoms with Gasteiger partial charge in [0.05, 0.1) is 10.0 Å². The summed E-state index contributed by atoms with van der Waals surface area (Å²) in [5.41, 5.74) is 1.38. The number of amides is 1. The highest BCUT2D eigenvalue weighted by Crippen LogP contribution is 2.28. The first kappa shape index (κ1) is 14.7. The molecule has 0 saturated heterocycles. The molecule has 0 bridgehead atoms. The molecule has 0 unspecified atom stereocenters. The van der Waals surface area contributed by atoms with Crippen LogP contribution in [0.15, 0.2) is 18.2 Å². The number of hydrogen-bond acceptors (Lipinski definition) is 1. The fraction of sp³-hybridized carbons (Fsp3) is 0.438. The Kier molecular flexibility index (Phi) is 4.14. The van der Waals surface area contributed by atoms with Gasteiger partial charge in [0.1, 0.15) is 5.69 Å². The summed E-state index contributed by atoms with van der Waals surface area (Å²) in [6.45, 7) is 2.27. The van der Waals surface area contributed by atoms with E-state index in [1.807, 2.05) is 6.07 Å². The molecule has 1 aromatic heterocycles. The zero-order valence-electron chi connectivity index (χ0n) is 11.9. The van der Waals surface area contributed by atoms with E-state index in [0.29, 0.717) is 15.7 Å². The Morgan fingerprint density at radius 2 is 1.81 bits per heavy atom. The SMILES string of the molecule is CC1CCC(NC(=O)c2cc3cc(Cl)c(Cl)cc3[nH]2)CC1. The van der Waals surface area contributed by atoms with Gasteiger partial charge in [-0.3, -0.25) is 4.79 Å². The van der Waals surface area contributed by atoms with Gasteiger partial charge in [-0.15, -0.1) is 0 Å². The number of rotatable bonds is 2. The number of carbonyl (C=O) groups is 1. The van der Waals surface area contributed by atoms with Crippen LogP contribution in [0.2, 0.25) is 10.0 Å². The Labute approximate surface area is 134 Å². The fourth-order valence-corrected chi connectivity index (χ4v) is 3.25. The smallest absolute Gasteiger partial charge is 0.267 e. The molecule has 1 fully saturated rings. The first-order chi connectivity index (χ1) is 10.0. The van der Waals surface area contributed by atoms with Crippen LogP contribution in [-0.2, 0) is 0 Å². The lowest BCUT2D eigenvalue weighted by molar-refractivity contribution is 0.0919. The van der Waals surface area contributed by atoms with E-state index in [1.54, 1.807) is 12.1 Å². The van der Waals surface area contributed by atoms with Crippen LogP contribution in [0.1, 0.15) is 43.1 Å². The van der Waals surface area contributed by atoms with E-state index in [2.05, 4.69) is 17.2 Å². The molecular formula is C16H18Cl2N2O. The summed E-state index contributed by atoms with van der Waals surface area (Å²) < 4.78 is 0. The first-order valence-corrected chi connectivity index (χ1v) is 8.07. The summed E-state index contributed by atoms with van der Waals surface area (Å²) in [5, 5.41) is 4.99. The highest BCUT2D eigenvalue weighted by atomic mass is 35.5. The summed E-state index contributed by atoms with van der Waals surface area (Å²) in [4.78, 5) is 15.4. The Balaban J connectivity index is 1.75. The van der Waals surface area contributed by atoms with Crippen LogP contribution in [-0.4, -0.2) is 16.9 Å². The minimum absolute atomic E-state index is 0.0574. The van der Waals surface area contributed by atoms with E-state index in [0.717, 1.165) is 29.7 Å². The van der Waals surface area contributed by atoms with Gasteiger partial charge in [-0.05, 0) is 49.8 Å². The van der Waals surface area contributed by atoms with Gasteiger partial charge in [0.2, 0.25) is 0 Å². The Hall–Kier alpha value is -1.19. The number of H-pyrrole nitrogens is 1. The van der Waals surface area contributed by atoms with Crippen molar-refractivity contribution in [2.45, 2.75) is 38.6 Å². The van der Waals surface area contributed by atoms with Crippen molar-refractivity contribution >= 4 is 40.0 Å². The Bertz CT molecular complexity index is 633. The molecule has 21 heavy (non-hydrogen) atoms. The zero-order chi connectivity index (χ0) is 15.0. The average molecular weight is 325 g/mol. The summed E-state index contributed by atoms with van der Waals surface area (Å²) >= 11 is 12.0. The van der Waals surface area contributed by atoms with Crippen molar-refractivity contribution in [3.05, 3.63) is 33.9 Å². The molecule has 0 atom stereocenters. The van der Waals surface area contributed by atoms with Crippen molar-refractivity contribution in [1.29, 1.82) is 0 Å². The lowest BCUT2D eigenvalue weighted by Crippen LogP contribution is -2.37. The van der Waals surface area contributed by atoms with Crippen molar-refractivity contribution in [2.24, 2.45) is 5.92 Å². The molecule has 1 aliphatic rings. The third-order valence-corrected chi connectivity index (χ3v) is 4.98. The number of aromatic nitrogens is 1. The van der Waals surface area contributed by atoms with E-state index in [4.69, 9.17) is 23.2 Å². The molecule has 0 aliphatic heterocycles. The van der Waals surface area contributed by atoms with Crippen molar-refractivity contribution in [3.63, 3.8) is 0 Å². The quantitative estimate of drug-likeness (QED) is 0.820. The molecule has 2 aromatic rings. The Morgan fingerprint density at radius 3 is 2.52 bits per heavy atom. The van der Waals surface area contributed by atoms with E-state index in [-0.39, 0.29) is 11.9 Å². The number of nitrogens with one attached hydrogen (secondary N) is 2. The molecule has 0 spiro atoms. The van der Waals surface area contributed by atoms with E-state index < -0.39 is 0 Å². The minimum Gasteiger partial charge on any atom is -0.350 e. The van der Waals surface area contributed by atoms with Gasteiger partial charge < -0.3 is 10.3 Å². The maximum atomic E-state index is 12.3. The summed E-state index contributed by atoms with van der Waals surface area (Å²) in [6.07, 6.45) is 4.49. The molecule has 3 nitrogen and oxygen atoms in total.